The van der Waals surface area contributed by atoms with Crippen LogP contribution < -0.4 is 10.9 Å². The summed E-state index contributed by atoms with van der Waals surface area (Å²) in [6.07, 6.45) is 5.26. The number of aromatic nitrogens is 2. The van der Waals surface area contributed by atoms with Crippen molar-refractivity contribution in [3.8, 4) is 0 Å². The average Bonchev–Trinajstić information content (AvgIpc) is 3.02. The molecule has 0 aliphatic heterocycles. The van der Waals surface area contributed by atoms with E-state index in [2.05, 4.69) is 10.3 Å². The van der Waals surface area contributed by atoms with Crippen LogP contribution in [0, 0.1) is 0 Å². The highest BCUT2D eigenvalue weighted by atomic mass is 32.1. The summed E-state index contributed by atoms with van der Waals surface area (Å²) in [5, 5.41) is 5.36. The summed E-state index contributed by atoms with van der Waals surface area (Å²) >= 11 is 1.47. The first-order valence-corrected chi connectivity index (χ1v) is 6.88. The van der Waals surface area contributed by atoms with Gasteiger partial charge in [0.05, 0.1) is 11.8 Å². The molecule has 1 aliphatic carbocycles. The van der Waals surface area contributed by atoms with E-state index >= 15 is 0 Å². The lowest BCUT2D eigenvalue weighted by Crippen LogP contribution is -2.23. The lowest BCUT2D eigenvalue weighted by atomic mass is 10.4. The van der Waals surface area contributed by atoms with Gasteiger partial charge in [0.15, 0.2) is 0 Å². The van der Waals surface area contributed by atoms with E-state index in [4.69, 9.17) is 0 Å². The Bertz CT molecular complexity index is 570. The fraction of sp³-hybridized carbons (Fsp3) is 0.500. The topological polar surface area (TPSA) is 46.9 Å². The molecule has 0 saturated heterocycles. The highest BCUT2D eigenvalue weighted by Gasteiger charge is 2.19. The first kappa shape index (κ1) is 10.9. The highest BCUT2D eigenvalue weighted by molar-refractivity contribution is 7.17. The summed E-state index contributed by atoms with van der Waals surface area (Å²) < 4.78 is 2.48. The van der Waals surface area contributed by atoms with Gasteiger partial charge in [-0.2, -0.15) is 0 Å². The third kappa shape index (κ3) is 2.40. The number of nitrogens with one attached hydrogen (secondary N) is 1. The van der Waals surface area contributed by atoms with Crippen LogP contribution in [0.15, 0.2) is 22.6 Å². The van der Waals surface area contributed by atoms with Gasteiger partial charge in [0.1, 0.15) is 4.70 Å². The lowest BCUT2D eigenvalue weighted by molar-refractivity contribution is 0.566. The second-order valence-corrected chi connectivity index (χ2v) is 5.38. The number of hydrogen-bond acceptors (Lipinski definition) is 4. The van der Waals surface area contributed by atoms with E-state index in [0.717, 1.165) is 35.8 Å². The molecule has 0 aromatic carbocycles. The van der Waals surface area contributed by atoms with E-state index < -0.39 is 0 Å². The molecule has 1 saturated carbocycles. The number of aryl methyl sites for hydroxylation is 1. The lowest BCUT2D eigenvalue weighted by Gasteiger charge is -2.05. The van der Waals surface area contributed by atoms with Crippen LogP contribution in [0.2, 0.25) is 0 Å². The minimum atomic E-state index is 0.0939. The van der Waals surface area contributed by atoms with Crippen molar-refractivity contribution >= 4 is 21.6 Å². The average molecular weight is 249 g/mol. The number of nitrogens with zero attached hydrogens (tertiary/aromatic N) is 2. The van der Waals surface area contributed by atoms with Crippen molar-refractivity contribution < 1.29 is 0 Å². The molecule has 0 radical (unpaired) electrons. The first-order chi connectivity index (χ1) is 8.34. The summed E-state index contributed by atoms with van der Waals surface area (Å²) in [6, 6.07) is 2.63. The van der Waals surface area contributed by atoms with Crippen molar-refractivity contribution in [2.75, 3.05) is 6.54 Å². The van der Waals surface area contributed by atoms with Gasteiger partial charge >= 0.3 is 0 Å². The second kappa shape index (κ2) is 4.58. The molecule has 2 aromatic heterocycles. The number of thiophene rings is 1. The van der Waals surface area contributed by atoms with Crippen molar-refractivity contribution in [1.82, 2.24) is 14.9 Å². The Morgan fingerprint density at radius 1 is 1.53 bits per heavy atom. The fourth-order valence-electron chi connectivity index (χ4n) is 1.88. The minimum Gasteiger partial charge on any atom is -0.314 e. The minimum absolute atomic E-state index is 0.0939. The molecule has 0 amide bonds. The summed E-state index contributed by atoms with van der Waals surface area (Å²) in [4.78, 5) is 16.3. The molecule has 2 aromatic rings. The third-order valence-corrected chi connectivity index (χ3v) is 3.91. The van der Waals surface area contributed by atoms with Gasteiger partial charge in [0, 0.05) is 12.6 Å². The number of fused-ring (bicyclic) bond motifs is 1. The van der Waals surface area contributed by atoms with Gasteiger partial charge in [-0.3, -0.25) is 9.36 Å². The van der Waals surface area contributed by atoms with Gasteiger partial charge in [-0.1, -0.05) is 0 Å². The van der Waals surface area contributed by atoms with Crippen molar-refractivity contribution in [1.29, 1.82) is 0 Å². The molecule has 0 unspecified atom stereocenters. The number of rotatable bonds is 5. The summed E-state index contributed by atoms with van der Waals surface area (Å²) in [5.41, 5.74) is 0.906. The van der Waals surface area contributed by atoms with Gasteiger partial charge < -0.3 is 5.32 Å². The zero-order valence-corrected chi connectivity index (χ0v) is 10.4. The highest BCUT2D eigenvalue weighted by Crippen LogP contribution is 2.18. The summed E-state index contributed by atoms with van der Waals surface area (Å²) in [7, 11) is 0. The zero-order chi connectivity index (χ0) is 11.7. The Morgan fingerprint density at radius 3 is 3.24 bits per heavy atom. The maximum atomic E-state index is 12.0. The maximum absolute atomic E-state index is 12.0. The van der Waals surface area contributed by atoms with E-state index in [1.807, 2.05) is 11.4 Å². The second-order valence-electron chi connectivity index (χ2n) is 4.46. The van der Waals surface area contributed by atoms with E-state index in [0.29, 0.717) is 0 Å². The van der Waals surface area contributed by atoms with Crippen LogP contribution in [0.4, 0.5) is 0 Å². The monoisotopic (exact) mass is 249 g/mol. The molecule has 0 atom stereocenters. The van der Waals surface area contributed by atoms with Gasteiger partial charge in [-0.15, -0.1) is 11.3 Å². The predicted octanol–water partition coefficient (Wildman–Crippen LogP) is 1.60. The Kier molecular flexibility index (Phi) is 2.94. The molecule has 90 valence electrons. The van der Waals surface area contributed by atoms with E-state index in [-0.39, 0.29) is 5.56 Å². The van der Waals surface area contributed by atoms with Crippen molar-refractivity contribution in [3.05, 3.63) is 28.1 Å². The molecular weight excluding hydrogens is 234 g/mol. The van der Waals surface area contributed by atoms with Crippen molar-refractivity contribution in [2.45, 2.75) is 31.8 Å². The molecule has 1 aliphatic rings. The molecule has 4 nitrogen and oxygen atoms in total. The van der Waals surface area contributed by atoms with E-state index in [9.17, 15) is 4.79 Å². The quantitative estimate of drug-likeness (QED) is 0.819. The third-order valence-electron chi connectivity index (χ3n) is 3.02. The molecule has 0 spiro atoms. The maximum Gasteiger partial charge on any atom is 0.271 e. The molecular formula is C12H15N3OS. The van der Waals surface area contributed by atoms with Gasteiger partial charge in [0.2, 0.25) is 0 Å². The van der Waals surface area contributed by atoms with Crippen LogP contribution in [-0.2, 0) is 6.54 Å². The van der Waals surface area contributed by atoms with Crippen LogP contribution in [0.1, 0.15) is 19.3 Å². The van der Waals surface area contributed by atoms with Gasteiger partial charge in [-0.25, -0.2) is 4.98 Å². The Balaban J connectivity index is 1.66. The van der Waals surface area contributed by atoms with E-state index in [1.54, 1.807) is 10.9 Å². The molecule has 2 heterocycles. The van der Waals surface area contributed by atoms with Crippen LogP contribution in [0.3, 0.4) is 0 Å². The summed E-state index contributed by atoms with van der Waals surface area (Å²) in [6.45, 7) is 1.74. The Labute approximate surface area is 103 Å². The smallest absolute Gasteiger partial charge is 0.271 e. The van der Waals surface area contributed by atoms with Crippen LogP contribution in [-0.4, -0.2) is 22.1 Å². The fourth-order valence-corrected chi connectivity index (χ4v) is 2.67. The van der Waals surface area contributed by atoms with Crippen LogP contribution in [0.5, 0.6) is 0 Å². The standard InChI is InChI=1S/C12H15N3OS/c16-12-11-10(4-7-17-11)14-8-15(12)6-1-5-13-9-2-3-9/h4,7-9,13H,1-3,5-6H2. The predicted molar refractivity (Wildman–Crippen MR) is 69.5 cm³/mol. The van der Waals surface area contributed by atoms with Gasteiger partial charge in [-0.05, 0) is 37.3 Å². The molecule has 17 heavy (non-hydrogen) atoms. The SMILES string of the molecule is O=c1c2sccc2ncn1CCCNC1CC1. The molecule has 1 fully saturated rings. The normalized spacial score (nSPS) is 15.5. The first-order valence-electron chi connectivity index (χ1n) is 6.00. The van der Waals surface area contributed by atoms with Gasteiger partial charge in [0.25, 0.3) is 5.56 Å². The largest absolute Gasteiger partial charge is 0.314 e. The molecule has 0 bridgehead atoms. The summed E-state index contributed by atoms with van der Waals surface area (Å²) in [5.74, 6) is 0. The molecule has 5 heteroatoms. The van der Waals surface area contributed by atoms with Crippen LogP contribution >= 0.6 is 11.3 Å². The van der Waals surface area contributed by atoms with E-state index in [1.165, 1.54) is 24.2 Å². The Hall–Kier alpha value is -1.20. The molecule has 3 rings (SSSR count). The molecule has 1 N–H and O–H groups in total. The van der Waals surface area contributed by atoms with Crippen molar-refractivity contribution in [3.63, 3.8) is 0 Å². The number of hydrogen-bond donors (Lipinski definition) is 1. The Morgan fingerprint density at radius 2 is 2.41 bits per heavy atom. The zero-order valence-electron chi connectivity index (χ0n) is 9.56. The van der Waals surface area contributed by atoms with Crippen LogP contribution in [0.25, 0.3) is 10.2 Å². The van der Waals surface area contributed by atoms with Crippen molar-refractivity contribution in [2.24, 2.45) is 0 Å².